The predicted molar refractivity (Wildman–Crippen MR) is 63.8 cm³/mol. The lowest BCUT2D eigenvalue weighted by molar-refractivity contribution is -0.141. The smallest absolute Gasteiger partial charge is 0.480 e. The summed E-state index contributed by atoms with van der Waals surface area (Å²) in [6, 6.07) is 6.99. The minimum absolute atomic E-state index is 0.0919. The van der Waals surface area contributed by atoms with E-state index in [4.69, 9.17) is 25.2 Å². The van der Waals surface area contributed by atoms with Crippen LogP contribution in [0.25, 0.3) is 0 Å². The molecule has 5 N–H and O–H groups in total. The van der Waals surface area contributed by atoms with Crippen LogP contribution < -0.4 is 0 Å². The van der Waals surface area contributed by atoms with Gasteiger partial charge in [0.05, 0.1) is 0 Å². The Bertz CT molecular complexity index is 380. The molecule has 0 aliphatic rings. The molecule has 0 saturated heterocycles. The fourth-order valence-corrected chi connectivity index (χ4v) is 1.60. The highest BCUT2D eigenvalue weighted by atomic mass is 16.4. The molecule has 1 rings (SSSR count). The summed E-state index contributed by atoms with van der Waals surface area (Å²) in [6.07, 6.45) is -0.0919. The Kier molecular flexibility index (Phi) is 5.32. The first-order chi connectivity index (χ1) is 8.43. The van der Waals surface area contributed by atoms with Gasteiger partial charge in [0.1, 0.15) is 6.04 Å². The molecule has 0 spiro atoms. The van der Waals surface area contributed by atoms with Crippen LogP contribution in [0.1, 0.15) is 5.56 Å². The molecule has 0 aliphatic heterocycles. The zero-order valence-corrected chi connectivity index (χ0v) is 9.42. The minimum atomic E-state index is -2.28. The highest BCUT2D eigenvalue weighted by Gasteiger charge is 2.40. The third-order valence-corrected chi connectivity index (χ3v) is 2.45. The fourth-order valence-electron chi connectivity index (χ4n) is 1.60. The van der Waals surface area contributed by atoms with E-state index in [1.165, 1.54) is 0 Å². The molecule has 1 aromatic carbocycles. The van der Waals surface area contributed by atoms with Gasteiger partial charge < -0.3 is 25.2 Å². The molecule has 1 atom stereocenters. The zero-order valence-electron chi connectivity index (χ0n) is 9.42. The van der Waals surface area contributed by atoms with Crippen molar-refractivity contribution in [3.8, 4) is 0 Å². The predicted octanol–water partition coefficient (Wildman–Crippen LogP) is -2.08. The van der Waals surface area contributed by atoms with Crippen LogP contribution in [-0.4, -0.2) is 56.4 Å². The molecular weight excluding hydrogens is 240 g/mol. The van der Waals surface area contributed by atoms with Crippen LogP contribution >= 0.6 is 0 Å². The maximum absolute atomic E-state index is 11.1. The summed E-state index contributed by atoms with van der Waals surface area (Å²) in [6.45, 7) is 0. The Labute approximate surface area is 104 Å². The molecule has 18 heavy (non-hydrogen) atoms. The quantitative estimate of drug-likeness (QED) is 0.369. The van der Waals surface area contributed by atoms with Gasteiger partial charge in [-0.3, -0.25) is 9.52 Å². The van der Waals surface area contributed by atoms with Crippen molar-refractivity contribution < 1.29 is 30.0 Å². The van der Waals surface area contributed by atoms with E-state index in [2.05, 4.69) is 0 Å². The molecule has 9 heteroatoms. The van der Waals surface area contributed by atoms with Crippen LogP contribution in [0.2, 0.25) is 0 Å². The molecule has 0 fully saturated rings. The van der Waals surface area contributed by atoms with Crippen molar-refractivity contribution in [2.24, 2.45) is 0 Å². The minimum Gasteiger partial charge on any atom is -0.480 e. The normalized spacial score (nSPS) is 12.3. The highest BCUT2D eigenvalue weighted by molar-refractivity contribution is 6.56. The van der Waals surface area contributed by atoms with E-state index < -0.39 is 26.5 Å². The van der Waals surface area contributed by atoms with Crippen molar-refractivity contribution in [3.63, 3.8) is 0 Å². The van der Waals surface area contributed by atoms with Crippen molar-refractivity contribution in [2.75, 3.05) is 0 Å². The number of hydrogen-bond acceptors (Lipinski definition) is 6. The average molecular weight is 253 g/mol. The molecule has 7 nitrogen and oxygen atoms in total. The Morgan fingerprint density at radius 2 is 1.61 bits per heavy atom. The van der Waals surface area contributed by atoms with Gasteiger partial charge in [-0.05, 0) is 12.0 Å². The first-order valence-electron chi connectivity index (χ1n) is 5.20. The van der Waals surface area contributed by atoms with Crippen molar-refractivity contribution in [1.82, 2.24) is 4.72 Å². The second kappa shape index (κ2) is 6.53. The van der Waals surface area contributed by atoms with Gasteiger partial charge in [0.25, 0.3) is 0 Å². The Balaban J connectivity index is 2.92. The molecule has 96 valence electrons. The number of hydrogen-bond donors (Lipinski definition) is 5. The number of nitrogens with zero attached hydrogens (tertiary/aromatic N) is 1. The standard InChI is InChI=1S/C9H13B2NO6/c13-9(14)8(12(10(15)16)11(17)18)6-7-4-2-1-3-5-7/h1-5,8,15-18H,6H2,(H,13,14)/t8-/m0/s1. The number of carboxylic acids is 1. The van der Waals surface area contributed by atoms with Crippen molar-refractivity contribution in [1.29, 1.82) is 0 Å². The molecule has 0 amide bonds. The van der Waals surface area contributed by atoms with Crippen molar-refractivity contribution in [2.45, 2.75) is 12.5 Å². The largest absolute Gasteiger partial charge is 0.545 e. The van der Waals surface area contributed by atoms with Gasteiger partial charge in [-0.1, -0.05) is 30.3 Å². The van der Waals surface area contributed by atoms with Crippen LogP contribution in [-0.2, 0) is 11.2 Å². The van der Waals surface area contributed by atoms with E-state index in [0.29, 0.717) is 5.56 Å². The van der Waals surface area contributed by atoms with Gasteiger partial charge in [-0.25, -0.2) is 0 Å². The van der Waals surface area contributed by atoms with E-state index in [1.807, 2.05) is 0 Å². The molecule has 0 bridgehead atoms. The van der Waals surface area contributed by atoms with Gasteiger partial charge in [-0.15, -0.1) is 0 Å². The molecule has 1 aromatic rings. The summed E-state index contributed by atoms with van der Waals surface area (Å²) in [4.78, 5) is 11.1. The average Bonchev–Trinajstić information content (AvgIpc) is 2.28. The summed E-state index contributed by atoms with van der Waals surface area (Å²) in [5, 5.41) is 44.9. The van der Waals surface area contributed by atoms with Gasteiger partial charge >= 0.3 is 20.5 Å². The summed E-state index contributed by atoms with van der Waals surface area (Å²) in [5.74, 6) is -1.39. The number of rotatable bonds is 6. The zero-order chi connectivity index (χ0) is 13.7. The van der Waals surface area contributed by atoms with Crippen LogP contribution in [0.4, 0.5) is 0 Å². The number of benzene rings is 1. The summed E-state index contributed by atoms with van der Waals surface area (Å²) in [5.41, 5.74) is 0.621. The molecule has 0 aliphatic carbocycles. The first-order valence-corrected chi connectivity index (χ1v) is 5.20. The lowest BCUT2D eigenvalue weighted by Gasteiger charge is -2.27. The lowest BCUT2D eigenvalue weighted by atomic mass is 9.85. The second-order valence-corrected chi connectivity index (χ2v) is 3.68. The summed E-state index contributed by atoms with van der Waals surface area (Å²) >= 11 is 0. The van der Waals surface area contributed by atoms with Crippen molar-refractivity contribution >= 4 is 20.5 Å². The number of aliphatic carboxylic acids is 1. The second-order valence-electron chi connectivity index (χ2n) is 3.68. The van der Waals surface area contributed by atoms with Gasteiger partial charge in [-0.2, -0.15) is 0 Å². The van der Waals surface area contributed by atoms with Crippen LogP contribution in [0.15, 0.2) is 30.3 Å². The van der Waals surface area contributed by atoms with E-state index in [-0.39, 0.29) is 11.1 Å². The number of carbonyl (C=O) groups is 1. The lowest BCUT2D eigenvalue weighted by Crippen LogP contribution is -2.59. The van der Waals surface area contributed by atoms with Crippen molar-refractivity contribution in [3.05, 3.63) is 35.9 Å². The van der Waals surface area contributed by atoms with Gasteiger partial charge in [0.15, 0.2) is 0 Å². The Morgan fingerprint density at radius 3 is 2.00 bits per heavy atom. The molecular formula is C9H13B2NO6. The monoisotopic (exact) mass is 253 g/mol. The van der Waals surface area contributed by atoms with E-state index in [0.717, 1.165) is 0 Å². The van der Waals surface area contributed by atoms with Crippen LogP contribution in [0, 0.1) is 0 Å². The fraction of sp³-hybridized carbons (Fsp3) is 0.222. The van der Waals surface area contributed by atoms with E-state index in [1.54, 1.807) is 30.3 Å². The highest BCUT2D eigenvalue weighted by Crippen LogP contribution is 2.10. The number of carboxylic acid groups (broad SMARTS) is 1. The van der Waals surface area contributed by atoms with Gasteiger partial charge in [0, 0.05) is 0 Å². The third-order valence-electron chi connectivity index (χ3n) is 2.45. The summed E-state index contributed by atoms with van der Waals surface area (Å²) < 4.78 is 0.273. The summed E-state index contributed by atoms with van der Waals surface area (Å²) in [7, 11) is -4.57. The Hall–Kier alpha value is -1.38. The van der Waals surface area contributed by atoms with Crippen LogP contribution in [0.5, 0.6) is 0 Å². The first kappa shape index (κ1) is 14.7. The molecule has 0 saturated carbocycles. The van der Waals surface area contributed by atoms with E-state index in [9.17, 15) is 4.79 Å². The molecule has 0 radical (unpaired) electrons. The maximum atomic E-state index is 11.1. The van der Waals surface area contributed by atoms with E-state index >= 15 is 0 Å². The SMILES string of the molecule is O=C(O)[C@H](Cc1ccccc1)N(B(O)O)B(O)O. The molecule has 0 heterocycles. The maximum Gasteiger partial charge on any atom is 0.545 e. The van der Waals surface area contributed by atoms with Crippen LogP contribution in [0.3, 0.4) is 0 Å². The topological polar surface area (TPSA) is 121 Å². The Morgan fingerprint density at radius 1 is 1.11 bits per heavy atom. The third kappa shape index (κ3) is 3.83. The molecule has 0 unspecified atom stereocenters. The molecule has 0 aromatic heterocycles. The van der Waals surface area contributed by atoms with Gasteiger partial charge in [0.2, 0.25) is 0 Å².